The summed E-state index contributed by atoms with van der Waals surface area (Å²) in [5.41, 5.74) is 1.02. The van der Waals surface area contributed by atoms with Crippen LogP contribution in [0.4, 0.5) is 0 Å². The first-order valence-electron chi connectivity index (χ1n) is 6.71. The zero-order valence-electron chi connectivity index (χ0n) is 11.7. The van der Waals surface area contributed by atoms with Gasteiger partial charge >= 0.3 is 0 Å². The quantitative estimate of drug-likeness (QED) is 0.482. The minimum absolute atomic E-state index is 0.0414. The van der Waals surface area contributed by atoms with Crippen LogP contribution in [-0.4, -0.2) is 26.6 Å². The average molecular weight is 309 g/mol. The van der Waals surface area contributed by atoms with E-state index in [0.717, 1.165) is 15.6 Å². The van der Waals surface area contributed by atoms with E-state index in [1.54, 1.807) is 17.8 Å². The maximum atomic E-state index is 12.5. The predicted molar refractivity (Wildman–Crippen MR) is 86.4 cm³/mol. The molecule has 2 fully saturated rings. The molecule has 0 radical (unpaired) electrons. The van der Waals surface area contributed by atoms with Gasteiger partial charge in [-0.1, -0.05) is 50.6 Å². The van der Waals surface area contributed by atoms with E-state index in [9.17, 15) is 9.59 Å². The SMILES string of the molecule is C=C/C(=C\C=C/C)[C@H]1C[C@@H]2C(=O)N(S)C(=O)[C@@]21SCC. The van der Waals surface area contributed by atoms with Gasteiger partial charge in [0, 0.05) is 5.92 Å². The van der Waals surface area contributed by atoms with Gasteiger partial charge in [0.1, 0.15) is 4.75 Å². The Balaban J connectivity index is 2.41. The van der Waals surface area contributed by atoms with Crippen LogP contribution in [0.3, 0.4) is 0 Å². The summed E-state index contributed by atoms with van der Waals surface area (Å²) in [4.78, 5) is 24.6. The number of carbonyl (C=O) groups is 2. The maximum Gasteiger partial charge on any atom is 0.256 e. The number of thiol groups is 1. The fourth-order valence-electron chi connectivity index (χ4n) is 3.08. The van der Waals surface area contributed by atoms with E-state index < -0.39 is 4.75 Å². The van der Waals surface area contributed by atoms with Crippen LogP contribution in [0.5, 0.6) is 0 Å². The number of hydrogen-bond donors (Lipinski definition) is 1. The van der Waals surface area contributed by atoms with Gasteiger partial charge in [0.05, 0.1) is 5.92 Å². The van der Waals surface area contributed by atoms with Crippen LogP contribution >= 0.6 is 24.6 Å². The Labute approximate surface area is 129 Å². The molecule has 108 valence electrons. The van der Waals surface area contributed by atoms with Gasteiger partial charge in [-0.3, -0.25) is 9.59 Å². The number of hydrogen-bond acceptors (Lipinski definition) is 4. The topological polar surface area (TPSA) is 37.4 Å². The third kappa shape index (κ3) is 1.99. The molecule has 1 aliphatic carbocycles. The summed E-state index contributed by atoms with van der Waals surface area (Å²) in [6.45, 7) is 7.79. The van der Waals surface area contributed by atoms with E-state index in [4.69, 9.17) is 0 Å². The molecule has 0 aromatic rings. The number of rotatable bonds is 5. The van der Waals surface area contributed by atoms with Crippen molar-refractivity contribution in [3.8, 4) is 0 Å². The van der Waals surface area contributed by atoms with Crippen molar-refractivity contribution in [3.63, 3.8) is 0 Å². The van der Waals surface area contributed by atoms with Gasteiger partial charge in [-0.05, 0) is 24.7 Å². The highest BCUT2D eigenvalue weighted by Crippen LogP contribution is 2.61. The van der Waals surface area contributed by atoms with Crippen molar-refractivity contribution in [2.75, 3.05) is 5.75 Å². The summed E-state index contributed by atoms with van der Waals surface area (Å²) in [5, 5.41) is 0. The van der Waals surface area contributed by atoms with Gasteiger partial charge in [0.15, 0.2) is 0 Å². The third-order valence-electron chi connectivity index (χ3n) is 4.04. The highest BCUT2D eigenvalue weighted by Gasteiger charge is 2.70. The van der Waals surface area contributed by atoms with Gasteiger partial charge in [0.25, 0.3) is 5.91 Å². The Hall–Kier alpha value is -0.940. The van der Waals surface area contributed by atoms with E-state index in [1.807, 2.05) is 32.1 Å². The minimum atomic E-state index is -0.671. The van der Waals surface area contributed by atoms with E-state index in [-0.39, 0.29) is 23.7 Å². The van der Waals surface area contributed by atoms with Crippen LogP contribution in [0.25, 0.3) is 0 Å². The average Bonchev–Trinajstić information content (AvgIpc) is 2.56. The fourth-order valence-corrected chi connectivity index (χ4v) is 4.98. The molecule has 0 aromatic carbocycles. The number of carbonyl (C=O) groups excluding carboxylic acids is 2. The van der Waals surface area contributed by atoms with Crippen LogP contribution in [0.2, 0.25) is 0 Å². The summed E-state index contributed by atoms with van der Waals surface area (Å²) >= 11 is 5.62. The van der Waals surface area contributed by atoms with Gasteiger partial charge in [-0.15, -0.1) is 11.8 Å². The van der Waals surface area contributed by atoms with Crippen molar-refractivity contribution in [1.82, 2.24) is 4.31 Å². The summed E-state index contributed by atoms with van der Waals surface area (Å²) in [6.07, 6.45) is 8.34. The minimum Gasteiger partial charge on any atom is -0.273 e. The lowest BCUT2D eigenvalue weighted by Crippen LogP contribution is -2.56. The molecule has 5 heteroatoms. The number of amides is 2. The highest BCUT2D eigenvalue weighted by atomic mass is 32.2. The smallest absolute Gasteiger partial charge is 0.256 e. The number of fused-ring (bicyclic) bond motifs is 1. The van der Waals surface area contributed by atoms with Crippen molar-refractivity contribution in [2.45, 2.75) is 25.0 Å². The van der Waals surface area contributed by atoms with Gasteiger partial charge < -0.3 is 0 Å². The summed E-state index contributed by atoms with van der Waals surface area (Å²) in [6, 6.07) is 0. The first-order chi connectivity index (χ1) is 9.54. The summed E-state index contributed by atoms with van der Waals surface area (Å²) < 4.78 is 0.332. The number of nitrogens with zero attached hydrogens (tertiary/aromatic N) is 1. The number of imide groups is 1. The van der Waals surface area contributed by atoms with Crippen molar-refractivity contribution >= 4 is 36.4 Å². The first-order valence-corrected chi connectivity index (χ1v) is 8.09. The lowest BCUT2D eigenvalue weighted by Gasteiger charge is -2.48. The van der Waals surface area contributed by atoms with Crippen molar-refractivity contribution < 1.29 is 9.59 Å². The second-order valence-electron chi connectivity index (χ2n) is 4.92. The molecular weight excluding hydrogens is 290 g/mol. The predicted octanol–water partition coefficient (Wildman–Crippen LogP) is 3.02. The molecule has 0 spiro atoms. The molecule has 0 aromatic heterocycles. The molecule has 20 heavy (non-hydrogen) atoms. The lowest BCUT2D eigenvalue weighted by atomic mass is 9.62. The zero-order valence-corrected chi connectivity index (χ0v) is 13.4. The second-order valence-corrected chi connectivity index (χ2v) is 6.86. The van der Waals surface area contributed by atoms with Crippen LogP contribution < -0.4 is 0 Å². The van der Waals surface area contributed by atoms with E-state index in [1.165, 1.54) is 0 Å². The molecule has 1 saturated heterocycles. The van der Waals surface area contributed by atoms with Gasteiger partial charge in [-0.2, -0.15) is 0 Å². The molecular formula is C15H19NO2S2. The van der Waals surface area contributed by atoms with E-state index in [0.29, 0.717) is 6.42 Å². The fraction of sp³-hybridized carbons (Fsp3) is 0.467. The summed E-state index contributed by atoms with van der Waals surface area (Å²) in [5.74, 6) is 0.259. The number of allylic oxidation sites excluding steroid dienone is 5. The molecule has 1 heterocycles. The van der Waals surface area contributed by atoms with E-state index in [2.05, 4.69) is 19.4 Å². The van der Waals surface area contributed by atoms with Crippen molar-refractivity contribution in [2.24, 2.45) is 11.8 Å². The Morgan fingerprint density at radius 2 is 2.30 bits per heavy atom. The molecule has 1 aliphatic heterocycles. The largest absolute Gasteiger partial charge is 0.273 e. The zero-order chi connectivity index (χ0) is 14.9. The summed E-state index contributed by atoms with van der Waals surface area (Å²) in [7, 11) is 0. The highest BCUT2D eigenvalue weighted by molar-refractivity contribution is 8.01. The normalized spacial score (nSPS) is 33.5. The molecule has 2 rings (SSSR count). The molecule has 0 N–H and O–H groups in total. The molecule has 1 saturated carbocycles. The molecule has 3 atom stereocenters. The Morgan fingerprint density at radius 3 is 2.80 bits per heavy atom. The number of thioether (sulfide) groups is 1. The monoisotopic (exact) mass is 309 g/mol. The third-order valence-corrected chi connectivity index (χ3v) is 5.93. The lowest BCUT2D eigenvalue weighted by molar-refractivity contribution is -0.132. The molecule has 3 nitrogen and oxygen atoms in total. The van der Waals surface area contributed by atoms with Crippen molar-refractivity contribution in [1.29, 1.82) is 0 Å². The second kappa shape index (κ2) is 5.82. The van der Waals surface area contributed by atoms with Crippen molar-refractivity contribution in [3.05, 3.63) is 36.5 Å². The maximum absolute atomic E-state index is 12.5. The molecule has 0 bridgehead atoms. The van der Waals surface area contributed by atoms with Crippen LogP contribution in [0.15, 0.2) is 36.5 Å². The standard InChI is InChI=1S/C15H19NO2S2/c1-4-7-8-10(5-2)11-9-12-13(17)16(19)14(18)15(11,12)20-6-3/h4-5,7-8,11-12,19H,2,6,9H2,1,3H3/b7-4-,10-8+/t11-,12-,15+/m1/s1. The van der Waals surface area contributed by atoms with Crippen LogP contribution in [-0.2, 0) is 9.59 Å². The Kier molecular flexibility index (Phi) is 4.49. The Morgan fingerprint density at radius 1 is 1.60 bits per heavy atom. The Bertz CT molecular complexity index is 512. The molecule has 2 aliphatic rings. The van der Waals surface area contributed by atoms with Gasteiger partial charge in [-0.25, -0.2) is 4.31 Å². The van der Waals surface area contributed by atoms with Crippen LogP contribution in [0.1, 0.15) is 20.3 Å². The molecule has 0 unspecified atom stereocenters. The van der Waals surface area contributed by atoms with E-state index >= 15 is 0 Å². The van der Waals surface area contributed by atoms with Gasteiger partial charge in [0.2, 0.25) is 5.91 Å². The molecule has 2 amide bonds. The first kappa shape index (κ1) is 15.4. The van der Waals surface area contributed by atoms with Crippen LogP contribution in [0, 0.1) is 11.8 Å².